The Labute approximate surface area is 113 Å². The van der Waals surface area contributed by atoms with Gasteiger partial charge in [0.25, 0.3) is 0 Å². The third-order valence-electron chi connectivity index (χ3n) is 4.16. The van der Waals surface area contributed by atoms with Gasteiger partial charge in [0, 0.05) is 13.1 Å². The SMILES string of the molecule is CN(C(=O)C1(C(N)=S)CCC1)C1CCS(=O)(=O)C1. The average molecular weight is 290 g/mol. The van der Waals surface area contributed by atoms with Crippen LogP contribution in [-0.2, 0) is 14.6 Å². The molecule has 0 spiro atoms. The molecule has 1 aliphatic heterocycles. The number of nitrogens with zero attached hydrogens (tertiary/aromatic N) is 1. The quantitative estimate of drug-likeness (QED) is 0.745. The molecular formula is C11H18N2O3S2. The summed E-state index contributed by atoms with van der Waals surface area (Å²) in [6, 6.07) is -0.227. The Morgan fingerprint density at radius 1 is 1.44 bits per heavy atom. The lowest BCUT2D eigenvalue weighted by molar-refractivity contribution is -0.142. The average Bonchev–Trinajstić information content (AvgIpc) is 2.55. The van der Waals surface area contributed by atoms with Crippen LogP contribution in [0.2, 0.25) is 0 Å². The maximum atomic E-state index is 12.5. The van der Waals surface area contributed by atoms with E-state index in [4.69, 9.17) is 18.0 Å². The zero-order valence-electron chi connectivity index (χ0n) is 10.4. The molecule has 0 aromatic heterocycles. The highest BCUT2D eigenvalue weighted by atomic mass is 32.2. The van der Waals surface area contributed by atoms with Gasteiger partial charge >= 0.3 is 0 Å². The van der Waals surface area contributed by atoms with Gasteiger partial charge in [-0.1, -0.05) is 18.6 Å². The zero-order valence-corrected chi connectivity index (χ0v) is 12.0. The summed E-state index contributed by atoms with van der Waals surface area (Å²) in [6.45, 7) is 0. The number of sulfone groups is 1. The predicted molar refractivity (Wildman–Crippen MR) is 72.9 cm³/mol. The molecule has 2 fully saturated rings. The fourth-order valence-electron chi connectivity index (χ4n) is 2.68. The molecule has 1 atom stereocenters. The second kappa shape index (κ2) is 4.45. The molecular weight excluding hydrogens is 272 g/mol. The number of carbonyl (C=O) groups excluding carboxylic acids is 1. The molecule has 0 radical (unpaired) electrons. The standard InChI is InChI=1S/C11H18N2O3S2/c1-13(8-3-6-18(15,16)7-8)10(14)11(9(12)17)4-2-5-11/h8H,2-7H2,1H3,(H2,12,17). The van der Waals surface area contributed by atoms with E-state index in [0.717, 1.165) is 6.42 Å². The summed E-state index contributed by atoms with van der Waals surface area (Å²) in [5, 5.41) is 0. The molecule has 0 aromatic carbocycles. The molecule has 1 heterocycles. The maximum Gasteiger partial charge on any atom is 0.235 e. The first-order valence-corrected chi connectivity index (χ1v) is 8.29. The number of amides is 1. The first-order valence-electron chi connectivity index (χ1n) is 6.06. The molecule has 7 heteroatoms. The van der Waals surface area contributed by atoms with E-state index in [1.807, 2.05) is 0 Å². The summed E-state index contributed by atoms with van der Waals surface area (Å²) in [6.07, 6.45) is 2.83. The van der Waals surface area contributed by atoms with Crippen LogP contribution in [0.1, 0.15) is 25.7 Å². The lowest BCUT2D eigenvalue weighted by Crippen LogP contribution is -2.55. The molecule has 2 rings (SSSR count). The summed E-state index contributed by atoms with van der Waals surface area (Å²) in [7, 11) is -1.33. The van der Waals surface area contributed by atoms with Gasteiger partial charge in [-0.05, 0) is 19.3 Å². The van der Waals surface area contributed by atoms with Crippen LogP contribution in [-0.4, -0.2) is 48.8 Å². The third-order valence-corrected chi connectivity index (χ3v) is 6.31. The van der Waals surface area contributed by atoms with Gasteiger partial charge in [0.15, 0.2) is 9.84 Å². The number of rotatable bonds is 3. The first-order chi connectivity index (χ1) is 8.28. The maximum absolute atomic E-state index is 12.5. The molecule has 1 saturated carbocycles. The van der Waals surface area contributed by atoms with Crippen LogP contribution < -0.4 is 5.73 Å². The van der Waals surface area contributed by atoms with E-state index >= 15 is 0 Å². The highest BCUT2D eigenvalue weighted by Gasteiger charge is 2.50. The molecule has 1 aliphatic carbocycles. The van der Waals surface area contributed by atoms with Crippen molar-refractivity contribution in [2.45, 2.75) is 31.7 Å². The number of thiocarbonyl (C=S) groups is 1. The van der Waals surface area contributed by atoms with Crippen LogP contribution in [0, 0.1) is 5.41 Å². The van der Waals surface area contributed by atoms with Crippen molar-refractivity contribution in [1.82, 2.24) is 4.90 Å². The Morgan fingerprint density at radius 3 is 2.39 bits per heavy atom. The molecule has 2 aliphatic rings. The summed E-state index contributed by atoms with van der Waals surface area (Å²) in [4.78, 5) is 14.2. The molecule has 18 heavy (non-hydrogen) atoms. The number of hydrogen-bond donors (Lipinski definition) is 1. The van der Waals surface area contributed by atoms with Crippen molar-refractivity contribution in [1.29, 1.82) is 0 Å². The topological polar surface area (TPSA) is 80.5 Å². The minimum absolute atomic E-state index is 0.0582. The lowest BCUT2D eigenvalue weighted by atomic mass is 9.67. The summed E-state index contributed by atoms with van der Waals surface area (Å²) < 4.78 is 22.9. The van der Waals surface area contributed by atoms with E-state index in [9.17, 15) is 13.2 Å². The van der Waals surface area contributed by atoms with E-state index in [1.165, 1.54) is 0 Å². The van der Waals surface area contributed by atoms with Gasteiger partial charge in [0.2, 0.25) is 5.91 Å². The van der Waals surface area contributed by atoms with E-state index in [1.54, 1.807) is 11.9 Å². The molecule has 0 aromatic rings. The van der Waals surface area contributed by atoms with Crippen molar-refractivity contribution >= 4 is 33.0 Å². The Bertz CT molecular complexity index is 483. The van der Waals surface area contributed by atoms with Gasteiger partial charge in [-0.15, -0.1) is 0 Å². The van der Waals surface area contributed by atoms with Crippen molar-refractivity contribution in [3.63, 3.8) is 0 Å². The number of carbonyl (C=O) groups is 1. The van der Waals surface area contributed by atoms with Crippen LogP contribution in [0.3, 0.4) is 0 Å². The summed E-state index contributed by atoms with van der Waals surface area (Å²) in [5.41, 5.74) is 4.98. The largest absolute Gasteiger partial charge is 0.392 e. The van der Waals surface area contributed by atoms with Crippen molar-refractivity contribution in [3.05, 3.63) is 0 Å². The number of hydrogen-bond acceptors (Lipinski definition) is 4. The minimum Gasteiger partial charge on any atom is -0.392 e. The zero-order chi connectivity index (χ0) is 13.6. The van der Waals surface area contributed by atoms with Gasteiger partial charge in [0.1, 0.15) is 0 Å². The van der Waals surface area contributed by atoms with E-state index in [-0.39, 0.29) is 28.4 Å². The van der Waals surface area contributed by atoms with Crippen molar-refractivity contribution in [2.24, 2.45) is 11.1 Å². The van der Waals surface area contributed by atoms with Gasteiger partial charge < -0.3 is 10.6 Å². The molecule has 0 bridgehead atoms. The number of nitrogens with two attached hydrogens (primary N) is 1. The Kier molecular flexibility index (Phi) is 3.40. The smallest absolute Gasteiger partial charge is 0.235 e. The van der Waals surface area contributed by atoms with Crippen LogP contribution in [0.25, 0.3) is 0 Å². The molecule has 1 saturated heterocycles. The molecule has 5 nitrogen and oxygen atoms in total. The van der Waals surface area contributed by atoms with Gasteiger partial charge in [-0.2, -0.15) is 0 Å². The highest BCUT2D eigenvalue weighted by molar-refractivity contribution is 7.91. The monoisotopic (exact) mass is 290 g/mol. The normalized spacial score (nSPS) is 28.4. The van der Waals surface area contributed by atoms with E-state index in [2.05, 4.69) is 0 Å². The van der Waals surface area contributed by atoms with Crippen LogP contribution in [0.15, 0.2) is 0 Å². The third kappa shape index (κ3) is 2.14. The Hall–Kier alpha value is -0.690. The van der Waals surface area contributed by atoms with Crippen LogP contribution in [0.4, 0.5) is 0 Å². The highest BCUT2D eigenvalue weighted by Crippen LogP contribution is 2.43. The Balaban J connectivity index is 2.12. The second-order valence-corrected chi connectivity index (χ2v) is 7.94. The Morgan fingerprint density at radius 2 is 2.06 bits per heavy atom. The fraction of sp³-hybridized carbons (Fsp3) is 0.818. The van der Waals surface area contributed by atoms with Crippen LogP contribution >= 0.6 is 12.2 Å². The van der Waals surface area contributed by atoms with E-state index in [0.29, 0.717) is 19.3 Å². The fourth-order valence-corrected chi connectivity index (χ4v) is 4.75. The van der Waals surface area contributed by atoms with E-state index < -0.39 is 15.3 Å². The van der Waals surface area contributed by atoms with Gasteiger partial charge in [-0.25, -0.2) is 8.42 Å². The van der Waals surface area contributed by atoms with Gasteiger partial charge in [0.05, 0.1) is 21.9 Å². The van der Waals surface area contributed by atoms with Crippen molar-refractivity contribution in [3.8, 4) is 0 Å². The minimum atomic E-state index is -2.99. The predicted octanol–water partition coefficient (Wildman–Crippen LogP) is 0.0883. The summed E-state index contributed by atoms with van der Waals surface area (Å²) in [5.74, 6) is 0.112. The summed E-state index contributed by atoms with van der Waals surface area (Å²) >= 11 is 5.01. The lowest BCUT2D eigenvalue weighted by Gasteiger charge is -2.43. The molecule has 1 unspecified atom stereocenters. The first kappa shape index (κ1) is 13.7. The van der Waals surface area contributed by atoms with Crippen LogP contribution in [0.5, 0.6) is 0 Å². The second-order valence-electron chi connectivity index (χ2n) is 5.27. The van der Waals surface area contributed by atoms with Crippen molar-refractivity contribution < 1.29 is 13.2 Å². The molecule has 1 amide bonds. The molecule has 102 valence electrons. The van der Waals surface area contributed by atoms with Crippen molar-refractivity contribution in [2.75, 3.05) is 18.6 Å². The molecule has 2 N–H and O–H groups in total. The van der Waals surface area contributed by atoms with Gasteiger partial charge in [-0.3, -0.25) is 4.79 Å².